The Balaban J connectivity index is 1.38. The first-order valence-electron chi connectivity index (χ1n) is 10.2. The van der Waals surface area contributed by atoms with Crippen molar-refractivity contribution in [2.45, 2.75) is 31.8 Å². The topological polar surface area (TPSA) is 68.9 Å². The Hall–Kier alpha value is -3.67. The van der Waals surface area contributed by atoms with E-state index in [0.717, 1.165) is 30.2 Å². The zero-order chi connectivity index (χ0) is 20.5. The minimum atomic E-state index is -0.297. The smallest absolute Gasteiger partial charge is 0.267 e. The number of benzene rings is 2. The lowest BCUT2D eigenvalue weighted by atomic mass is 9.88. The Kier molecular flexibility index (Phi) is 4.67. The maximum atomic E-state index is 12.7. The van der Waals surface area contributed by atoms with Crippen molar-refractivity contribution in [3.63, 3.8) is 0 Å². The first kappa shape index (κ1) is 18.4. The number of hydrogen-bond donors (Lipinski definition) is 1. The number of carbonyl (C=O) groups is 1. The molecule has 5 rings (SSSR count). The molecule has 4 aromatic rings. The fourth-order valence-corrected chi connectivity index (χ4v) is 4.24. The summed E-state index contributed by atoms with van der Waals surface area (Å²) in [6, 6.07) is 21.3. The van der Waals surface area contributed by atoms with Crippen molar-refractivity contribution in [3.05, 3.63) is 94.4 Å². The molecule has 0 saturated heterocycles. The van der Waals surface area contributed by atoms with Gasteiger partial charge in [0.25, 0.3) is 5.56 Å². The molecule has 0 bridgehead atoms. The van der Waals surface area contributed by atoms with Crippen molar-refractivity contribution in [2.24, 2.45) is 0 Å². The summed E-state index contributed by atoms with van der Waals surface area (Å²) in [4.78, 5) is 25.1. The molecule has 0 spiro atoms. The lowest BCUT2D eigenvalue weighted by Crippen LogP contribution is -2.37. The molecule has 30 heavy (non-hydrogen) atoms. The molecule has 1 amide bonds. The van der Waals surface area contributed by atoms with E-state index in [0.29, 0.717) is 5.82 Å². The normalized spacial score (nSPS) is 15.7. The Bertz CT molecular complexity index is 1290. The van der Waals surface area contributed by atoms with Gasteiger partial charge in [-0.15, -0.1) is 0 Å². The summed E-state index contributed by atoms with van der Waals surface area (Å²) >= 11 is 0. The number of hydrogen-bond acceptors (Lipinski definition) is 3. The van der Waals surface area contributed by atoms with Gasteiger partial charge in [-0.2, -0.15) is 5.10 Å². The number of fused-ring (bicyclic) bond motifs is 2. The van der Waals surface area contributed by atoms with E-state index >= 15 is 0 Å². The predicted molar refractivity (Wildman–Crippen MR) is 116 cm³/mol. The Labute approximate surface area is 173 Å². The molecular weight excluding hydrogens is 376 g/mol. The molecule has 1 N–H and O–H groups in total. The Morgan fingerprint density at radius 3 is 2.80 bits per heavy atom. The molecule has 1 unspecified atom stereocenters. The van der Waals surface area contributed by atoms with E-state index in [-0.39, 0.29) is 24.1 Å². The van der Waals surface area contributed by atoms with Crippen molar-refractivity contribution in [1.29, 1.82) is 0 Å². The average Bonchev–Trinajstić information content (AvgIpc) is 3.20. The van der Waals surface area contributed by atoms with Crippen LogP contribution in [0.1, 0.15) is 30.0 Å². The van der Waals surface area contributed by atoms with Crippen LogP contribution in [-0.4, -0.2) is 20.3 Å². The highest BCUT2D eigenvalue weighted by Crippen LogP contribution is 2.29. The zero-order valence-electron chi connectivity index (χ0n) is 16.5. The monoisotopic (exact) mass is 398 g/mol. The molecule has 0 aliphatic heterocycles. The molecule has 0 fully saturated rings. The van der Waals surface area contributed by atoms with Crippen LogP contribution in [0.5, 0.6) is 0 Å². The second kappa shape index (κ2) is 7.63. The van der Waals surface area contributed by atoms with Crippen molar-refractivity contribution < 1.29 is 4.79 Å². The van der Waals surface area contributed by atoms with Crippen LogP contribution in [0, 0.1) is 0 Å². The van der Waals surface area contributed by atoms with E-state index in [2.05, 4.69) is 22.5 Å². The number of nitrogens with one attached hydrogen (secondary N) is 1. The maximum absolute atomic E-state index is 12.7. The number of carbonyl (C=O) groups excluding carboxylic acids is 1. The van der Waals surface area contributed by atoms with Gasteiger partial charge in [0.1, 0.15) is 6.54 Å². The molecule has 2 heterocycles. The molecule has 1 aliphatic rings. The number of rotatable bonds is 4. The highest BCUT2D eigenvalue weighted by molar-refractivity contribution is 5.81. The van der Waals surface area contributed by atoms with Crippen LogP contribution < -0.4 is 10.9 Å². The second-order valence-electron chi connectivity index (χ2n) is 7.64. The summed E-state index contributed by atoms with van der Waals surface area (Å²) in [5.74, 6) is 0.396. The molecular formula is C24H22N4O2. The minimum Gasteiger partial charge on any atom is -0.348 e. The maximum Gasteiger partial charge on any atom is 0.267 e. The summed E-state index contributed by atoms with van der Waals surface area (Å²) in [6.07, 6.45) is 4.90. The first-order chi connectivity index (χ1) is 14.7. The van der Waals surface area contributed by atoms with Gasteiger partial charge in [-0.1, -0.05) is 42.5 Å². The molecule has 1 aliphatic carbocycles. The van der Waals surface area contributed by atoms with Crippen molar-refractivity contribution in [2.75, 3.05) is 0 Å². The van der Waals surface area contributed by atoms with Crippen LogP contribution in [0.15, 0.2) is 77.7 Å². The van der Waals surface area contributed by atoms with Gasteiger partial charge in [0.15, 0.2) is 5.82 Å². The summed E-state index contributed by atoms with van der Waals surface area (Å²) < 4.78 is 3.15. The summed E-state index contributed by atoms with van der Waals surface area (Å²) in [5, 5.41) is 8.63. The molecule has 2 aromatic carbocycles. The van der Waals surface area contributed by atoms with Crippen LogP contribution in [0.4, 0.5) is 0 Å². The van der Waals surface area contributed by atoms with Gasteiger partial charge in [0.05, 0.1) is 11.6 Å². The number of aryl methyl sites for hydroxylation is 1. The lowest BCUT2D eigenvalue weighted by Gasteiger charge is -2.26. The first-order valence-corrected chi connectivity index (χ1v) is 10.2. The molecule has 6 heteroatoms. The van der Waals surface area contributed by atoms with E-state index in [1.807, 2.05) is 53.2 Å². The molecule has 2 aromatic heterocycles. The van der Waals surface area contributed by atoms with Crippen LogP contribution in [0.3, 0.4) is 0 Å². The molecule has 1 atom stereocenters. The van der Waals surface area contributed by atoms with Crippen molar-refractivity contribution in [1.82, 2.24) is 19.7 Å². The highest BCUT2D eigenvalue weighted by Gasteiger charge is 2.21. The van der Waals surface area contributed by atoms with E-state index in [1.54, 1.807) is 6.07 Å². The van der Waals surface area contributed by atoms with Gasteiger partial charge in [0.2, 0.25) is 5.91 Å². The Morgan fingerprint density at radius 1 is 1.03 bits per heavy atom. The van der Waals surface area contributed by atoms with E-state index < -0.39 is 0 Å². The predicted octanol–water partition coefficient (Wildman–Crippen LogP) is 3.38. The van der Waals surface area contributed by atoms with Crippen LogP contribution in [-0.2, 0) is 17.8 Å². The van der Waals surface area contributed by atoms with Crippen LogP contribution in [0.2, 0.25) is 0 Å². The SMILES string of the molecule is O=C(Cn1nc(-n2ccc3ccccc32)ccc1=O)NC1CCCc2ccccc21. The summed E-state index contributed by atoms with van der Waals surface area (Å²) in [7, 11) is 0. The van der Waals surface area contributed by atoms with E-state index in [1.165, 1.54) is 21.9 Å². The van der Waals surface area contributed by atoms with Crippen molar-refractivity contribution >= 4 is 16.8 Å². The standard InChI is InChI=1S/C24H22N4O2/c29-23(25-20-10-5-8-17-6-1-3-9-19(17)20)16-28-24(30)13-12-22(26-28)27-15-14-18-7-2-4-11-21(18)27/h1-4,6-7,9,11-15,20H,5,8,10,16H2,(H,25,29). The van der Waals surface area contributed by atoms with E-state index in [9.17, 15) is 9.59 Å². The van der Waals surface area contributed by atoms with Gasteiger partial charge < -0.3 is 5.32 Å². The second-order valence-corrected chi connectivity index (χ2v) is 7.64. The number of amides is 1. The van der Waals surface area contributed by atoms with E-state index in [4.69, 9.17) is 0 Å². The van der Waals surface area contributed by atoms with Crippen molar-refractivity contribution in [3.8, 4) is 5.82 Å². The zero-order valence-corrected chi connectivity index (χ0v) is 16.5. The summed E-state index contributed by atoms with van der Waals surface area (Å²) in [6.45, 7) is -0.107. The Morgan fingerprint density at radius 2 is 1.87 bits per heavy atom. The molecule has 150 valence electrons. The molecule has 6 nitrogen and oxygen atoms in total. The number of aromatic nitrogens is 3. The third-order valence-electron chi connectivity index (χ3n) is 5.70. The van der Waals surface area contributed by atoms with Gasteiger partial charge in [-0.25, -0.2) is 4.68 Å². The number of nitrogens with zero attached hydrogens (tertiary/aromatic N) is 3. The van der Waals surface area contributed by atoms with Gasteiger partial charge >= 0.3 is 0 Å². The van der Waals surface area contributed by atoms with Crippen LogP contribution >= 0.6 is 0 Å². The summed E-state index contributed by atoms with van der Waals surface area (Å²) in [5.41, 5.74) is 3.16. The van der Waals surface area contributed by atoms with Gasteiger partial charge in [-0.05, 0) is 54.0 Å². The highest BCUT2D eigenvalue weighted by atomic mass is 16.2. The average molecular weight is 398 g/mol. The minimum absolute atomic E-state index is 0.0188. The van der Waals surface area contributed by atoms with Gasteiger partial charge in [0, 0.05) is 12.3 Å². The molecule has 0 saturated carbocycles. The molecule has 0 radical (unpaired) electrons. The number of para-hydroxylation sites is 1. The quantitative estimate of drug-likeness (QED) is 0.573. The fraction of sp³-hybridized carbons (Fsp3) is 0.208. The largest absolute Gasteiger partial charge is 0.348 e. The fourth-order valence-electron chi connectivity index (χ4n) is 4.24. The van der Waals surface area contributed by atoms with Crippen LogP contribution in [0.25, 0.3) is 16.7 Å². The third kappa shape index (κ3) is 3.41. The van der Waals surface area contributed by atoms with Gasteiger partial charge in [-0.3, -0.25) is 14.2 Å². The lowest BCUT2D eigenvalue weighted by molar-refractivity contribution is -0.122. The third-order valence-corrected chi connectivity index (χ3v) is 5.70.